The van der Waals surface area contributed by atoms with Gasteiger partial charge in [-0.3, -0.25) is 10.1 Å². The molecular formula is C43H46N4O15. The van der Waals surface area contributed by atoms with Gasteiger partial charge in [0.05, 0.1) is 6.61 Å². The number of phenolic OH excluding ortho intramolecular Hbond substituents is 2. The zero-order chi connectivity index (χ0) is 44.1. The van der Waals surface area contributed by atoms with Crippen molar-refractivity contribution in [3.8, 4) is 40.1 Å². The molecule has 62 heavy (non-hydrogen) atoms. The quantitative estimate of drug-likeness (QED) is 0.0696. The molecule has 5 aromatic rings. The first kappa shape index (κ1) is 42.5. The second-order valence-corrected chi connectivity index (χ2v) is 15.5. The summed E-state index contributed by atoms with van der Waals surface area (Å²) < 4.78 is 30.0. The summed E-state index contributed by atoms with van der Waals surface area (Å²) in [5.41, 5.74) is 1.56. The molecule has 2 fully saturated rings. The van der Waals surface area contributed by atoms with Crippen LogP contribution in [-0.4, -0.2) is 113 Å². The zero-order valence-electron chi connectivity index (χ0n) is 33.1. The lowest BCUT2D eigenvalue weighted by Crippen LogP contribution is -2.79. The fourth-order valence-corrected chi connectivity index (χ4v) is 8.32. The van der Waals surface area contributed by atoms with Crippen molar-refractivity contribution in [3.63, 3.8) is 0 Å². The number of aromatic amines is 1. The van der Waals surface area contributed by atoms with Crippen LogP contribution in [0.25, 0.3) is 22.3 Å². The average molecular weight is 859 g/mol. The van der Waals surface area contributed by atoms with Crippen LogP contribution in [-0.2, 0) is 22.6 Å². The molecule has 13 N–H and O–H groups in total. The second-order valence-electron chi connectivity index (χ2n) is 15.5. The number of hydrogen-bond acceptors (Lipinski definition) is 17. The summed E-state index contributed by atoms with van der Waals surface area (Å²) in [4.78, 5) is 29.3. The maximum Gasteiger partial charge on any atom is 0.336 e. The van der Waals surface area contributed by atoms with Crippen LogP contribution in [0.4, 0.5) is 5.82 Å². The number of carboxylic acid groups (broad SMARTS) is 1. The lowest BCUT2D eigenvalue weighted by atomic mass is 9.63. The molecular weight excluding hydrogens is 812 g/mol. The van der Waals surface area contributed by atoms with Gasteiger partial charge in [-0.2, -0.15) is 0 Å². The summed E-state index contributed by atoms with van der Waals surface area (Å²) in [7, 11) is 0. The molecule has 2 saturated heterocycles. The van der Waals surface area contributed by atoms with E-state index in [1.807, 2.05) is 6.92 Å². The molecule has 19 nitrogen and oxygen atoms in total. The third-order valence-corrected chi connectivity index (χ3v) is 11.5. The van der Waals surface area contributed by atoms with E-state index in [1.54, 1.807) is 36.4 Å². The number of fused-ring (bicyclic) bond motifs is 3. The van der Waals surface area contributed by atoms with Gasteiger partial charge in [0.2, 0.25) is 12.0 Å². The molecule has 0 spiro atoms. The smallest absolute Gasteiger partial charge is 0.336 e. The molecule has 4 heterocycles. The maximum absolute atomic E-state index is 13.8. The number of anilines is 1. The van der Waals surface area contributed by atoms with Gasteiger partial charge < -0.3 is 80.3 Å². The number of aliphatic carboxylic acids is 1. The fourth-order valence-electron chi connectivity index (χ4n) is 8.32. The van der Waals surface area contributed by atoms with Crippen LogP contribution in [0.1, 0.15) is 29.8 Å². The SMILES string of the molecule is CCc1cc(O)cc(COc2c(OC3OC(C(=O)O)C4(O)C(C5CNCN5)C=CC3(O)C4O)cc3oc(-c4ccc(OC(CO)C(O)c5ccc(N)[nH]5)cc4)cc(=O)c3c2O)c1. The van der Waals surface area contributed by atoms with Crippen LogP contribution in [0.5, 0.6) is 28.7 Å². The monoisotopic (exact) mass is 858 g/mol. The highest BCUT2D eigenvalue weighted by Gasteiger charge is 2.70. The Morgan fingerprint density at radius 1 is 1.05 bits per heavy atom. The first-order valence-corrected chi connectivity index (χ1v) is 19.7. The standard InChI is InChI=1S/C43H46N4O15/c1-2-20-11-21(13-23(49)12-20)18-58-37-31(61-41-42(56)10-9-25(27-16-45-19-46-27)43(57,40(42)55)38(62-41)39(53)54)15-30-34(36(37)52)28(50)14-29(60-30)22-3-5-24(6-4-22)59-32(17-48)35(51)26-7-8-33(44)47-26/h3-15,25,27,32,35,38,40-41,45-49,51-52,55-57H,2,16-19,44H2,1H3,(H,53,54). The minimum absolute atomic E-state index is 0.00997. The number of benzene rings is 3. The highest BCUT2D eigenvalue weighted by molar-refractivity contribution is 5.89. The highest BCUT2D eigenvalue weighted by atomic mass is 16.7. The minimum atomic E-state index is -2.57. The Bertz CT molecular complexity index is 2550. The van der Waals surface area contributed by atoms with Crippen molar-refractivity contribution in [2.75, 3.05) is 25.6 Å². The Morgan fingerprint density at radius 2 is 1.81 bits per heavy atom. The molecule has 9 unspecified atom stereocenters. The summed E-state index contributed by atoms with van der Waals surface area (Å²) in [5, 5.41) is 94.4. The number of nitrogens with two attached hydrogens (primary N) is 1. The summed E-state index contributed by atoms with van der Waals surface area (Å²) in [6, 6.07) is 15.7. The third kappa shape index (κ3) is 7.58. The zero-order valence-corrected chi connectivity index (χ0v) is 33.1. The van der Waals surface area contributed by atoms with Crippen LogP contribution in [0.3, 0.4) is 0 Å². The number of H-pyrrole nitrogens is 1. The van der Waals surface area contributed by atoms with Crippen LogP contribution < -0.4 is 36.0 Å². The molecule has 2 aliphatic heterocycles. The molecule has 0 radical (unpaired) electrons. The average Bonchev–Trinajstić information content (AvgIpc) is 3.94. The van der Waals surface area contributed by atoms with Gasteiger partial charge in [-0.05, 0) is 72.2 Å². The van der Waals surface area contributed by atoms with Crippen LogP contribution in [0.15, 0.2) is 88.1 Å². The molecule has 1 aliphatic carbocycles. The number of aromatic hydroxyl groups is 2. The lowest BCUT2D eigenvalue weighted by Gasteiger charge is -2.56. The van der Waals surface area contributed by atoms with Crippen LogP contribution in [0.2, 0.25) is 0 Å². The largest absolute Gasteiger partial charge is 0.508 e. The number of aliphatic hydroxyl groups excluding tert-OH is 3. The number of hydrogen-bond donors (Lipinski definition) is 12. The van der Waals surface area contributed by atoms with Crippen molar-refractivity contribution in [3.05, 3.63) is 106 Å². The second kappa shape index (κ2) is 16.6. The molecule has 3 aliphatic rings. The summed E-state index contributed by atoms with van der Waals surface area (Å²) in [6.07, 6.45) is -5.57. The number of nitrogens with one attached hydrogen (secondary N) is 3. The number of carbonyl (C=O) groups is 1. The van der Waals surface area contributed by atoms with Gasteiger partial charge in [-0.1, -0.05) is 19.1 Å². The number of phenols is 2. The van der Waals surface area contributed by atoms with Gasteiger partial charge in [0.15, 0.2) is 34.7 Å². The van der Waals surface area contributed by atoms with E-state index in [4.69, 9.17) is 29.1 Å². The number of aromatic nitrogens is 1. The van der Waals surface area contributed by atoms with Crippen molar-refractivity contribution >= 4 is 22.8 Å². The first-order chi connectivity index (χ1) is 29.6. The van der Waals surface area contributed by atoms with Gasteiger partial charge in [0.1, 0.15) is 58.5 Å². The Labute approximate surface area is 352 Å². The van der Waals surface area contributed by atoms with Crippen molar-refractivity contribution in [1.82, 2.24) is 15.6 Å². The summed E-state index contributed by atoms with van der Waals surface area (Å²) in [6.45, 7) is 1.72. The number of carboxylic acids is 1. The predicted octanol–water partition coefficient (Wildman–Crippen LogP) is 1.11. The Hall–Kier alpha value is -6.16. The van der Waals surface area contributed by atoms with Gasteiger partial charge in [0, 0.05) is 48.6 Å². The van der Waals surface area contributed by atoms with Gasteiger partial charge in [0.25, 0.3) is 0 Å². The van der Waals surface area contributed by atoms with Gasteiger partial charge >= 0.3 is 5.97 Å². The van der Waals surface area contributed by atoms with Crippen LogP contribution in [0, 0.1) is 5.92 Å². The number of rotatable bonds is 14. The fraction of sp³-hybridized carbons (Fsp3) is 0.349. The minimum Gasteiger partial charge on any atom is -0.508 e. The van der Waals surface area contributed by atoms with E-state index < -0.39 is 89.1 Å². The van der Waals surface area contributed by atoms with E-state index in [0.717, 1.165) is 23.8 Å². The van der Waals surface area contributed by atoms with E-state index in [9.17, 15) is 50.4 Å². The molecule has 3 aromatic carbocycles. The first-order valence-electron chi connectivity index (χ1n) is 19.7. The molecule has 0 amide bonds. The van der Waals surface area contributed by atoms with Gasteiger partial charge in [-0.15, -0.1) is 0 Å². The van der Waals surface area contributed by atoms with Crippen molar-refractivity contribution in [2.45, 2.75) is 67.9 Å². The van der Waals surface area contributed by atoms with E-state index in [-0.39, 0.29) is 34.8 Å². The summed E-state index contributed by atoms with van der Waals surface area (Å²) in [5.74, 6) is -3.81. The topological polar surface area (TPSA) is 312 Å². The van der Waals surface area contributed by atoms with Crippen molar-refractivity contribution < 1.29 is 69.0 Å². The number of nitrogen functional groups attached to an aromatic ring is 1. The Balaban J connectivity index is 1.16. The summed E-state index contributed by atoms with van der Waals surface area (Å²) >= 11 is 0. The van der Waals surface area contributed by atoms with E-state index >= 15 is 0 Å². The Morgan fingerprint density at radius 3 is 2.47 bits per heavy atom. The molecule has 2 bridgehead atoms. The number of aliphatic hydroxyl groups is 5. The molecule has 0 saturated carbocycles. The predicted molar refractivity (Wildman–Crippen MR) is 218 cm³/mol. The molecule has 19 heteroatoms. The van der Waals surface area contributed by atoms with E-state index in [1.165, 1.54) is 24.3 Å². The third-order valence-electron chi connectivity index (χ3n) is 11.5. The normalized spacial score (nSPS) is 26.6. The highest BCUT2D eigenvalue weighted by Crippen LogP contribution is 2.50. The molecule has 2 aromatic heterocycles. The van der Waals surface area contributed by atoms with E-state index in [2.05, 4.69) is 15.6 Å². The lowest BCUT2D eigenvalue weighted by molar-refractivity contribution is -0.342. The molecule has 9 atom stereocenters. The van der Waals surface area contributed by atoms with Crippen molar-refractivity contribution in [2.24, 2.45) is 5.92 Å². The van der Waals surface area contributed by atoms with Crippen LogP contribution >= 0.6 is 0 Å². The number of aryl methyl sites for hydroxylation is 1. The maximum atomic E-state index is 13.8. The Kier molecular flexibility index (Phi) is 11.4. The molecule has 8 rings (SSSR count). The van der Waals surface area contributed by atoms with Gasteiger partial charge in [-0.25, -0.2) is 4.79 Å². The van der Waals surface area contributed by atoms with E-state index in [0.29, 0.717) is 42.3 Å². The molecule has 328 valence electrons. The van der Waals surface area contributed by atoms with Crippen molar-refractivity contribution in [1.29, 1.82) is 0 Å². The number of ether oxygens (including phenoxy) is 4.